The van der Waals surface area contributed by atoms with E-state index in [4.69, 9.17) is 5.11 Å². The number of hydrogen-bond acceptors (Lipinski definition) is 4. The van der Waals surface area contributed by atoms with Gasteiger partial charge in [-0.1, -0.05) is 0 Å². The molecule has 0 bridgehead atoms. The average molecular weight is 282 g/mol. The average Bonchev–Trinajstić information content (AvgIpc) is 2.47. The van der Waals surface area contributed by atoms with Crippen molar-refractivity contribution in [3.63, 3.8) is 0 Å². The summed E-state index contributed by atoms with van der Waals surface area (Å²) in [5.74, 6) is -0.223. The third-order valence-electron chi connectivity index (χ3n) is 2.20. The smallest absolute Gasteiger partial charge is 0.325 e. The maximum atomic E-state index is 11.8. The van der Waals surface area contributed by atoms with Gasteiger partial charge in [0.15, 0.2) is 0 Å². The van der Waals surface area contributed by atoms with E-state index in [9.17, 15) is 13.2 Å². The van der Waals surface area contributed by atoms with Crippen LogP contribution in [0.2, 0.25) is 0 Å². The molecule has 0 aliphatic carbocycles. The molecule has 8 heteroatoms. The summed E-state index contributed by atoms with van der Waals surface area (Å²) in [7, 11) is -3.82. The molecule has 0 aromatic carbocycles. The van der Waals surface area contributed by atoms with Crippen molar-refractivity contribution in [1.82, 2.24) is 9.44 Å². The maximum Gasteiger partial charge on any atom is 0.325 e. The Morgan fingerprint density at radius 1 is 1.41 bits per heavy atom. The molecule has 100 valence electrons. The van der Waals surface area contributed by atoms with Crippen LogP contribution in [0.15, 0.2) is 0 Å². The number of nitrogens with one attached hydrogen (secondary N) is 2. The molecule has 1 atom stereocenters. The highest BCUT2D eigenvalue weighted by Crippen LogP contribution is 2.28. The summed E-state index contributed by atoms with van der Waals surface area (Å²) in [6.45, 7) is 5.09. The molecular formula is C9H18N2O4S2. The minimum Gasteiger partial charge on any atom is -0.480 e. The third-order valence-corrected chi connectivity index (χ3v) is 4.93. The summed E-state index contributed by atoms with van der Waals surface area (Å²) in [5.41, 5.74) is -2.01. The Kier molecular flexibility index (Phi) is 4.12. The molecule has 1 saturated heterocycles. The molecule has 0 aromatic rings. The Labute approximate surface area is 106 Å². The standard InChI is InChI=1S/C9H18N2O4S2/c1-8(2,3)10-17(14,15)11-9(7(12)13)4-5-16-6-9/h10-11H,4-6H2,1-3H3,(H,12,13). The lowest BCUT2D eigenvalue weighted by Gasteiger charge is -2.27. The number of aliphatic carboxylic acids is 1. The lowest BCUT2D eigenvalue weighted by molar-refractivity contribution is -0.143. The Bertz CT molecular complexity index is 394. The second-order valence-corrected chi connectivity index (χ2v) is 7.67. The number of carboxylic acid groups (broad SMARTS) is 1. The van der Waals surface area contributed by atoms with Gasteiger partial charge in [0.2, 0.25) is 0 Å². The number of hydrogen-bond donors (Lipinski definition) is 3. The van der Waals surface area contributed by atoms with Crippen LogP contribution in [0.25, 0.3) is 0 Å². The first kappa shape index (κ1) is 14.7. The van der Waals surface area contributed by atoms with Crippen molar-refractivity contribution in [3.8, 4) is 0 Å². The zero-order valence-corrected chi connectivity index (χ0v) is 11.7. The lowest BCUT2D eigenvalue weighted by atomic mass is 10.0. The molecule has 17 heavy (non-hydrogen) atoms. The van der Waals surface area contributed by atoms with Crippen molar-refractivity contribution in [2.45, 2.75) is 38.3 Å². The number of thioether (sulfide) groups is 1. The van der Waals surface area contributed by atoms with Crippen LogP contribution in [0, 0.1) is 0 Å². The molecule has 1 aliphatic rings. The normalized spacial score (nSPS) is 26.1. The Morgan fingerprint density at radius 3 is 2.35 bits per heavy atom. The van der Waals surface area contributed by atoms with Gasteiger partial charge in [-0.25, -0.2) is 0 Å². The van der Waals surface area contributed by atoms with Crippen LogP contribution < -0.4 is 9.44 Å². The second-order valence-electron chi connectivity index (χ2n) is 5.15. The molecule has 0 saturated carbocycles. The third kappa shape index (κ3) is 4.13. The second kappa shape index (κ2) is 4.75. The Morgan fingerprint density at radius 2 is 2.00 bits per heavy atom. The van der Waals surface area contributed by atoms with Crippen molar-refractivity contribution >= 4 is 27.9 Å². The fraction of sp³-hybridized carbons (Fsp3) is 0.889. The highest BCUT2D eigenvalue weighted by molar-refractivity contribution is 7.99. The van der Waals surface area contributed by atoms with Crippen molar-refractivity contribution in [2.24, 2.45) is 0 Å². The molecule has 1 rings (SSSR count). The van der Waals surface area contributed by atoms with Crippen molar-refractivity contribution in [3.05, 3.63) is 0 Å². The summed E-state index contributed by atoms with van der Waals surface area (Å²) < 4.78 is 28.3. The van der Waals surface area contributed by atoms with Gasteiger partial charge in [-0.3, -0.25) is 4.79 Å². The van der Waals surface area contributed by atoms with Gasteiger partial charge >= 0.3 is 5.97 Å². The monoisotopic (exact) mass is 282 g/mol. The summed E-state index contributed by atoms with van der Waals surface area (Å²) in [5, 5.41) is 9.16. The highest BCUT2D eigenvalue weighted by Gasteiger charge is 2.45. The molecular weight excluding hydrogens is 264 g/mol. The van der Waals surface area contributed by atoms with E-state index in [2.05, 4.69) is 9.44 Å². The molecule has 1 aliphatic heterocycles. The van der Waals surface area contributed by atoms with Crippen LogP contribution in [-0.4, -0.2) is 42.1 Å². The van der Waals surface area contributed by atoms with Gasteiger partial charge in [-0.05, 0) is 32.9 Å². The molecule has 6 nitrogen and oxygen atoms in total. The first-order valence-corrected chi connectivity index (χ1v) is 7.84. The van der Waals surface area contributed by atoms with Gasteiger partial charge in [0.25, 0.3) is 10.2 Å². The largest absolute Gasteiger partial charge is 0.480 e. The van der Waals surface area contributed by atoms with E-state index >= 15 is 0 Å². The van der Waals surface area contributed by atoms with Crippen LogP contribution in [0.5, 0.6) is 0 Å². The first-order valence-electron chi connectivity index (χ1n) is 5.20. The predicted octanol–water partition coefficient (Wildman–Crippen LogP) is 0.169. The molecule has 0 spiro atoms. The minimum atomic E-state index is -3.82. The highest BCUT2D eigenvalue weighted by atomic mass is 32.2. The molecule has 3 N–H and O–H groups in total. The summed E-state index contributed by atoms with van der Waals surface area (Å²) in [4.78, 5) is 11.2. The zero-order valence-electron chi connectivity index (χ0n) is 10.1. The fourth-order valence-electron chi connectivity index (χ4n) is 1.54. The molecule has 0 radical (unpaired) electrons. The molecule has 1 unspecified atom stereocenters. The lowest BCUT2D eigenvalue weighted by Crippen LogP contribution is -2.59. The van der Waals surface area contributed by atoms with E-state index in [0.29, 0.717) is 12.2 Å². The SMILES string of the molecule is CC(C)(C)NS(=O)(=O)NC1(C(=O)O)CCSC1. The quantitative estimate of drug-likeness (QED) is 0.683. The zero-order chi connectivity index (χ0) is 13.3. The van der Waals surface area contributed by atoms with Crippen LogP contribution >= 0.6 is 11.8 Å². The Balaban J connectivity index is 2.85. The van der Waals surface area contributed by atoms with Crippen molar-refractivity contribution in [2.75, 3.05) is 11.5 Å². The summed E-state index contributed by atoms with van der Waals surface area (Å²) in [6.07, 6.45) is 0.304. The Hall–Kier alpha value is -0.310. The van der Waals surface area contributed by atoms with Gasteiger partial charge in [0.1, 0.15) is 5.54 Å². The van der Waals surface area contributed by atoms with E-state index in [1.165, 1.54) is 11.8 Å². The van der Waals surface area contributed by atoms with Gasteiger partial charge < -0.3 is 5.11 Å². The summed E-state index contributed by atoms with van der Waals surface area (Å²) >= 11 is 1.43. The van der Waals surface area contributed by atoms with Crippen LogP contribution in [0.1, 0.15) is 27.2 Å². The number of rotatable bonds is 4. The van der Waals surface area contributed by atoms with Crippen LogP contribution in [-0.2, 0) is 15.0 Å². The van der Waals surface area contributed by atoms with Crippen molar-refractivity contribution in [1.29, 1.82) is 0 Å². The molecule has 1 fully saturated rings. The molecule has 1 heterocycles. The van der Waals surface area contributed by atoms with E-state index in [1.807, 2.05) is 0 Å². The maximum absolute atomic E-state index is 11.8. The molecule has 0 aromatic heterocycles. The number of carboxylic acids is 1. The van der Waals surface area contributed by atoms with Crippen molar-refractivity contribution < 1.29 is 18.3 Å². The van der Waals surface area contributed by atoms with Gasteiger partial charge in [-0.2, -0.15) is 29.6 Å². The minimum absolute atomic E-state index is 0.257. The topological polar surface area (TPSA) is 95.5 Å². The predicted molar refractivity (Wildman–Crippen MR) is 67.3 cm³/mol. The molecule has 0 amide bonds. The number of carbonyl (C=O) groups is 1. The van der Waals surface area contributed by atoms with Crippen LogP contribution in [0.3, 0.4) is 0 Å². The van der Waals surface area contributed by atoms with E-state index in [1.54, 1.807) is 20.8 Å². The summed E-state index contributed by atoms with van der Waals surface area (Å²) in [6, 6.07) is 0. The van der Waals surface area contributed by atoms with E-state index < -0.39 is 27.3 Å². The van der Waals surface area contributed by atoms with E-state index in [-0.39, 0.29) is 5.75 Å². The first-order chi connectivity index (χ1) is 7.56. The van der Waals surface area contributed by atoms with Gasteiger partial charge in [0.05, 0.1) is 0 Å². The van der Waals surface area contributed by atoms with Gasteiger partial charge in [0, 0.05) is 11.3 Å². The van der Waals surface area contributed by atoms with E-state index in [0.717, 1.165) is 0 Å². The van der Waals surface area contributed by atoms with Gasteiger partial charge in [-0.15, -0.1) is 0 Å². The fourth-order valence-corrected chi connectivity index (χ4v) is 4.59. The van der Waals surface area contributed by atoms with Crippen LogP contribution in [0.4, 0.5) is 0 Å².